The largest absolute Gasteiger partial charge is 0.481 e. The molecule has 0 spiro atoms. The smallest absolute Gasteiger partial charge is 0.303 e. The second kappa shape index (κ2) is 9.37. The minimum absolute atomic E-state index is 0.0583. The zero-order valence-corrected chi connectivity index (χ0v) is 18.3. The molecule has 1 fully saturated rings. The zero-order valence-electron chi connectivity index (χ0n) is 18.3. The summed E-state index contributed by atoms with van der Waals surface area (Å²) in [4.78, 5) is 26.7. The van der Waals surface area contributed by atoms with Crippen LogP contribution in [0.3, 0.4) is 0 Å². The first kappa shape index (κ1) is 21.8. The third-order valence-electron chi connectivity index (χ3n) is 6.25. The van der Waals surface area contributed by atoms with Gasteiger partial charge in [0.25, 0.3) is 0 Å². The molecule has 4 rings (SSSR count). The van der Waals surface area contributed by atoms with Crippen LogP contribution in [-0.4, -0.2) is 46.0 Å². The summed E-state index contributed by atoms with van der Waals surface area (Å²) in [6.45, 7) is 4.28. The number of piperidine rings is 1. The first-order valence-corrected chi connectivity index (χ1v) is 11.1. The Bertz CT molecular complexity index is 1200. The van der Waals surface area contributed by atoms with Crippen LogP contribution in [-0.2, 0) is 11.2 Å². The molecule has 0 amide bonds. The molecule has 164 valence electrons. The fourth-order valence-corrected chi connectivity index (χ4v) is 4.64. The lowest BCUT2D eigenvalue weighted by molar-refractivity contribution is -0.136. The second-order valence-electron chi connectivity index (χ2n) is 8.46. The van der Waals surface area contributed by atoms with E-state index in [2.05, 4.69) is 11.0 Å². The predicted octanol–water partition coefficient (Wildman–Crippen LogP) is 4.50. The van der Waals surface area contributed by atoms with Crippen LogP contribution in [0.25, 0.3) is 16.6 Å². The molecule has 1 aromatic heterocycles. The summed E-state index contributed by atoms with van der Waals surface area (Å²) in [5, 5.41) is 19.1. The van der Waals surface area contributed by atoms with Gasteiger partial charge in [-0.2, -0.15) is 5.26 Å². The lowest BCUT2D eigenvalue weighted by atomic mass is 10.0. The van der Waals surface area contributed by atoms with Gasteiger partial charge in [0, 0.05) is 28.8 Å². The Morgan fingerprint density at radius 3 is 2.44 bits per heavy atom. The van der Waals surface area contributed by atoms with E-state index in [-0.39, 0.29) is 12.2 Å². The van der Waals surface area contributed by atoms with Crippen LogP contribution in [0.1, 0.15) is 52.9 Å². The van der Waals surface area contributed by atoms with Crippen molar-refractivity contribution in [3.05, 3.63) is 64.8 Å². The maximum atomic E-state index is 13.4. The van der Waals surface area contributed by atoms with Crippen molar-refractivity contribution in [2.45, 2.75) is 39.0 Å². The Labute approximate surface area is 187 Å². The number of nitrogens with zero attached hydrogens (tertiary/aromatic N) is 3. The van der Waals surface area contributed by atoms with Gasteiger partial charge in [0.1, 0.15) is 0 Å². The SMILES string of the molecule is Cc1c(C(=O)CN2CCCCC2)c2ccc(CCC(=O)O)cc2n1-c1ccc(C#N)cc1. The molecule has 3 aromatic rings. The van der Waals surface area contributed by atoms with E-state index in [0.29, 0.717) is 18.5 Å². The number of aryl methyl sites for hydroxylation is 1. The lowest BCUT2D eigenvalue weighted by Gasteiger charge is -2.25. The Morgan fingerprint density at radius 2 is 1.78 bits per heavy atom. The molecule has 1 aliphatic heterocycles. The summed E-state index contributed by atoms with van der Waals surface area (Å²) >= 11 is 0. The number of hydrogen-bond acceptors (Lipinski definition) is 4. The summed E-state index contributed by atoms with van der Waals surface area (Å²) in [7, 11) is 0. The number of fused-ring (bicyclic) bond motifs is 1. The van der Waals surface area contributed by atoms with Gasteiger partial charge in [-0.05, 0) is 75.2 Å². The van der Waals surface area contributed by atoms with Crippen molar-refractivity contribution in [2.75, 3.05) is 19.6 Å². The van der Waals surface area contributed by atoms with Gasteiger partial charge in [0.05, 0.1) is 23.7 Å². The van der Waals surface area contributed by atoms with E-state index in [1.807, 2.05) is 41.8 Å². The Morgan fingerprint density at radius 1 is 1.06 bits per heavy atom. The molecule has 32 heavy (non-hydrogen) atoms. The number of hydrogen-bond donors (Lipinski definition) is 1. The number of likely N-dealkylation sites (tertiary alicyclic amines) is 1. The van der Waals surface area contributed by atoms with E-state index >= 15 is 0 Å². The van der Waals surface area contributed by atoms with E-state index in [0.717, 1.165) is 59.3 Å². The monoisotopic (exact) mass is 429 g/mol. The molecule has 0 saturated carbocycles. The first-order valence-electron chi connectivity index (χ1n) is 11.1. The zero-order chi connectivity index (χ0) is 22.7. The number of aliphatic carboxylic acids is 1. The van der Waals surface area contributed by atoms with Crippen molar-refractivity contribution in [3.8, 4) is 11.8 Å². The fraction of sp³-hybridized carbons (Fsp3) is 0.346. The molecule has 2 aromatic carbocycles. The van der Waals surface area contributed by atoms with Gasteiger partial charge < -0.3 is 9.67 Å². The van der Waals surface area contributed by atoms with Crippen LogP contribution in [0, 0.1) is 18.3 Å². The molecule has 1 N–H and O–H groups in total. The van der Waals surface area contributed by atoms with Crippen LogP contribution >= 0.6 is 0 Å². The average molecular weight is 430 g/mol. The normalized spacial score (nSPS) is 14.4. The number of Topliss-reactive ketones (excluding diaryl/α,β-unsaturated/α-hetero) is 1. The molecule has 0 bridgehead atoms. The van der Waals surface area contributed by atoms with Crippen molar-refractivity contribution in [1.82, 2.24) is 9.47 Å². The number of carbonyl (C=O) groups excluding carboxylic acids is 1. The third kappa shape index (κ3) is 4.44. The number of carboxylic acid groups (broad SMARTS) is 1. The van der Waals surface area contributed by atoms with Crippen molar-refractivity contribution in [3.63, 3.8) is 0 Å². The van der Waals surface area contributed by atoms with Gasteiger partial charge in [0.15, 0.2) is 5.78 Å². The molecule has 6 nitrogen and oxygen atoms in total. The highest BCUT2D eigenvalue weighted by molar-refractivity contribution is 6.11. The minimum Gasteiger partial charge on any atom is -0.481 e. The highest BCUT2D eigenvalue weighted by Gasteiger charge is 2.23. The number of rotatable bonds is 7. The fourth-order valence-electron chi connectivity index (χ4n) is 4.64. The van der Waals surface area contributed by atoms with Crippen molar-refractivity contribution < 1.29 is 14.7 Å². The molecule has 6 heteroatoms. The van der Waals surface area contributed by atoms with E-state index in [9.17, 15) is 9.59 Å². The van der Waals surface area contributed by atoms with Crippen LogP contribution in [0.2, 0.25) is 0 Å². The van der Waals surface area contributed by atoms with Crippen molar-refractivity contribution in [1.29, 1.82) is 5.26 Å². The van der Waals surface area contributed by atoms with Gasteiger partial charge in [0.2, 0.25) is 0 Å². The summed E-state index contributed by atoms with van der Waals surface area (Å²) in [5.74, 6) is -0.721. The third-order valence-corrected chi connectivity index (χ3v) is 6.25. The van der Waals surface area contributed by atoms with Gasteiger partial charge in [-0.15, -0.1) is 0 Å². The minimum atomic E-state index is -0.832. The van der Waals surface area contributed by atoms with E-state index in [1.165, 1.54) is 6.42 Å². The topological polar surface area (TPSA) is 86.3 Å². The van der Waals surface area contributed by atoms with Crippen LogP contribution in [0.5, 0.6) is 0 Å². The number of ketones is 1. The summed E-state index contributed by atoms with van der Waals surface area (Å²) in [5.41, 5.74) is 4.84. The molecule has 0 unspecified atom stereocenters. The predicted molar refractivity (Wildman–Crippen MR) is 123 cm³/mol. The quantitative estimate of drug-likeness (QED) is 0.559. The number of carbonyl (C=O) groups is 2. The van der Waals surface area contributed by atoms with E-state index < -0.39 is 5.97 Å². The van der Waals surface area contributed by atoms with Crippen LogP contribution in [0.15, 0.2) is 42.5 Å². The maximum absolute atomic E-state index is 13.4. The summed E-state index contributed by atoms with van der Waals surface area (Å²) in [6.07, 6.45) is 3.97. The molecular weight excluding hydrogens is 402 g/mol. The van der Waals surface area contributed by atoms with E-state index in [1.54, 1.807) is 12.1 Å². The molecule has 0 radical (unpaired) electrons. The number of carboxylic acids is 1. The molecule has 1 aliphatic rings. The Balaban J connectivity index is 1.80. The Kier molecular flexibility index (Phi) is 6.38. The van der Waals surface area contributed by atoms with Gasteiger partial charge >= 0.3 is 5.97 Å². The van der Waals surface area contributed by atoms with Crippen molar-refractivity contribution >= 4 is 22.7 Å². The highest BCUT2D eigenvalue weighted by atomic mass is 16.4. The first-order chi connectivity index (χ1) is 15.5. The molecule has 2 heterocycles. The van der Waals surface area contributed by atoms with Crippen LogP contribution in [0.4, 0.5) is 0 Å². The van der Waals surface area contributed by atoms with Gasteiger partial charge in [-0.3, -0.25) is 14.5 Å². The molecule has 0 aliphatic carbocycles. The van der Waals surface area contributed by atoms with Gasteiger partial charge in [-0.1, -0.05) is 18.6 Å². The number of nitriles is 1. The summed E-state index contributed by atoms with van der Waals surface area (Å²) < 4.78 is 2.05. The lowest BCUT2D eigenvalue weighted by Crippen LogP contribution is -2.34. The highest BCUT2D eigenvalue weighted by Crippen LogP contribution is 2.31. The molecular formula is C26H27N3O3. The van der Waals surface area contributed by atoms with E-state index in [4.69, 9.17) is 10.4 Å². The standard InChI is InChI=1S/C26H27N3O3/c1-18-26(24(30)17-28-13-3-2-4-14-28)22-11-7-19(8-12-25(31)32)15-23(22)29(18)21-9-5-20(16-27)6-10-21/h5-7,9-11,15H,2-4,8,12-14,17H2,1H3,(H,31,32). The molecule has 1 saturated heterocycles. The average Bonchev–Trinajstić information content (AvgIpc) is 3.09. The number of benzene rings is 2. The Hall–Kier alpha value is -3.43. The van der Waals surface area contributed by atoms with Crippen molar-refractivity contribution in [2.24, 2.45) is 0 Å². The number of aromatic nitrogens is 1. The summed E-state index contributed by atoms with van der Waals surface area (Å²) in [6, 6.07) is 15.3. The molecule has 0 atom stereocenters. The second-order valence-corrected chi connectivity index (χ2v) is 8.46. The maximum Gasteiger partial charge on any atom is 0.303 e. The van der Waals surface area contributed by atoms with Crippen LogP contribution < -0.4 is 0 Å². The van der Waals surface area contributed by atoms with Gasteiger partial charge in [-0.25, -0.2) is 0 Å².